The summed E-state index contributed by atoms with van der Waals surface area (Å²) in [5, 5.41) is 1.36. The summed E-state index contributed by atoms with van der Waals surface area (Å²) in [5.41, 5.74) is -2.85. The minimum atomic E-state index is -4.92. The predicted molar refractivity (Wildman–Crippen MR) is 74.2 cm³/mol. The fourth-order valence-electron chi connectivity index (χ4n) is 1.59. The van der Waals surface area contributed by atoms with Crippen molar-refractivity contribution in [3.8, 4) is 0 Å². The fourth-order valence-corrected chi connectivity index (χ4v) is 2.02. The van der Waals surface area contributed by atoms with E-state index in [1.54, 1.807) is 0 Å². The highest BCUT2D eigenvalue weighted by Crippen LogP contribution is 2.32. The van der Waals surface area contributed by atoms with Crippen molar-refractivity contribution in [1.29, 1.82) is 0 Å². The number of nitrogens with zero attached hydrogens (tertiary/aromatic N) is 2. The van der Waals surface area contributed by atoms with E-state index in [1.807, 2.05) is 0 Å². The highest BCUT2D eigenvalue weighted by molar-refractivity contribution is 6.31. The summed E-state index contributed by atoms with van der Waals surface area (Å²) >= 11 is 11.0. The molecule has 0 radical (unpaired) electrons. The number of rotatable bonds is 2. The van der Waals surface area contributed by atoms with Crippen molar-refractivity contribution in [1.82, 2.24) is 9.55 Å². The molecule has 118 valence electrons. The Kier molecular flexibility index (Phi) is 4.35. The summed E-state index contributed by atoms with van der Waals surface area (Å²) in [5.74, 6) is -1.33. The lowest BCUT2D eigenvalue weighted by Gasteiger charge is -2.14. The summed E-state index contributed by atoms with van der Waals surface area (Å²) in [7, 11) is 1.15. The van der Waals surface area contributed by atoms with Gasteiger partial charge < -0.3 is 5.32 Å². The van der Waals surface area contributed by atoms with E-state index in [-0.39, 0.29) is 10.7 Å². The van der Waals surface area contributed by atoms with Gasteiger partial charge in [0.25, 0.3) is 5.56 Å². The molecular formula is C12H7Cl2F4N3O. The minimum absolute atomic E-state index is 0.108. The topological polar surface area (TPSA) is 46.9 Å². The summed E-state index contributed by atoms with van der Waals surface area (Å²) in [6.07, 6.45) is -4.92. The summed E-state index contributed by atoms with van der Waals surface area (Å²) in [6, 6.07) is 3.49. The maximum absolute atomic E-state index is 13.7. The quantitative estimate of drug-likeness (QED) is 0.828. The molecule has 0 saturated heterocycles. The first kappa shape index (κ1) is 16.6. The molecule has 0 saturated carbocycles. The lowest BCUT2D eigenvalue weighted by Crippen LogP contribution is -2.26. The number of benzene rings is 1. The van der Waals surface area contributed by atoms with Crippen molar-refractivity contribution in [2.24, 2.45) is 7.05 Å². The van der Waals surface area contributed by atoms with Gasteiger partial charge in [0.05, 0.1) is 5.69 Å². The number of halogens is 6. The van der Waals surface area contributed by atoms with E-state index in [0.29, 0.717) is 0 Å². The van der Waals surface area contributed by atoms with Gasteiger partial charge in [-0.05, 0) is 18.2 Å². The largest absolute Gasteiger partial charge is 0.435 e. The number of nitrogens with one attached hydrogen (secondary N) is 1. The molecule has 0 amide bonds. The molecule has 22 heavy (non-hydrogen) atoms. The van der Waals surface area contributed by atoms with Crippen LogP contribution in [-0.4, -0.2) is 9.55 Å². The maximum atomic E-state index is 13.7. The average molecular weight is 356 g/mol. The standard InChI is InChI=1S/C12H7Cl2F4N3O/c1-21-10(22)8(14)9(12(16,17)18)20-11(21)19-7-3-2-5(13)4-6(7)15/h2-4H,1H3,(H,19,20). The van der Waals surface area contributed by atoms with Gasteiger partial charge in [0.15, 0.2) is 5.69 Å². The van der Waals surface area contributed by atoms with Gasteiger partial charge in [-0.1, -0.05) is 23.2 Å². The minimum Gasteiger partial charge on any atom is -0.323 e. The van der Waals surface area contributed by atoms with Crippen LogP contribution in [0.25, 0.3) is 0 Å². The predicted octanol–water partition coefficient (Wildman–Crippen LogP) is 3.99. The molecule has 0 atom stereocenters. The van der Waals surface area contributed by atoms with Crippen molar-refractivity contribution < 1.29 is 17.6 Å². The van der Waals surface area contributed by atoms with Gasteiger partial charge in [-0.3, -0.25) is 9.36 Å². The number of hydrogen-bond donors (Lipinski definition) is 1. The Labute approximate surface area is 131 Å². The van der Waals surface area contributed by atoms with Crippen LogP contribution in [0.1, 0.15) is 5.69 Å². The number of aromatic nitrogens is 2. The second-order valence-electron chi connectivity index (χ2n) is 4.21. The normalized spacial score (nSPS) is 11.6. The van der Waals surface area contributed by atoms with Crippen LogP contribution in [0.2, 0.25) is 10.0 Å². The Hall–Kier alpha value is -1.80. The van der Waals surface area contributed by atoms with Crippen LogP contribution < -0.4 is 10.9 Å². The molecular weight excluding hydrogens is 349 g/mol. The van der Waals surface area contributed by atoms with Crippen LogP contribution in [-0.2, 0) is 13.2 Å². The van der Waals surface area contributed by atoms with Gasteiger partial charge in [-0.2, -0.15) is 13.2 Å². The van der Waals surface area contributed by atoms with Gasteiger partial charge in [-0.25, -0.2) is 9.37 Å². The molecule has 0 spiro atoms. The van der Waals surface area contributed by atoms with E-state index in [4.69, 9.17) is 23.2 Å². The molecule has 4 nitrogen and oxygen atoms in total. The molecule has 0 aliphatic rings. The van der Waals surface area contributed by atoms with Crippen LogP contribution in [0.3, 0.4) is 0 Å². The molecule has 1 heterocycles. The van der Waals surface area contributed by atoms with Gasteiger partial charge >= 0.3 is 6.18 Å². The molecule has 0 fully saturated rings. The van der Waals surface area contributed by atoms with E-state index in [1.165, 1.54) is 12.1 Å². The first-order chi connectivity index (χ1) is 10.1. The SMILES string of the molecule is Cn1c(Nc2ccc(Cl)cc2F)nc(C(F)(F)F)c(Cl)c1=O. The lowest BCUT2D eigenvalue weighted by atomic mass is 10.3. The second-order valence-corrected chi connectivity index (χ2v) is 5.02. The third-order valence-electron chi connectivity index (χ3n) is 2.68. The Morgan fingerprint density at radius 2 is 1.91 bits per heavy atom. The molecule has 0 bridgehead atoms. The van der Waals surface area contributed by atoms with Crippen molar-refractivity contribution in [2.45, 2.75) is 6.18 Å². The Morgan fingerprint density at radius 1 is 1.27 bits per heavy atom. The van der Waals surface area contributed by atoms with Crippen LogP contribution >= 0.6 is 23.2 Å². The molecule has 1 aromatic carbocycles. The van der Waals surface area contributed by atoms with Gasteiger partial charge in [0.1, 0.15) is 10.8 Å². The van der Waals surface area contributed by atoms with Crippen LogP contribution in [0.4, 0.5) is 29.2 Å². The van der Waals surface area contributed by atoms with Crippen molar-refractivity contribution >= 4 is 34.8 Å². The highest BCUT2D eigenvalue weighted by atomic mass is 35.5. The number of hydrogen-bond acceptors (Lipinski definition) is 3. The summed E-state index contributed by atoms with van der Waals surface area (Å²) in [4.78, 5) is 15.0. The monoisotopic (exact) mass is 355 g/mol. The third kappa shape index (κ3) is 3.17. The first-order valence-electron chi connectivity index (χ1n) is 5.67. The summed E-state index contributed by atoms with van der Waals surface area (Å²) in [6.45, 7) is 0. The zero-order chi connectivity index (χ0) is 16.7. The van der Waals surface area contributed by atoms with E-state index >= 15 is 0 Å². The van der Waals surface area contributed by atoms with Gasteiger partial charge in [-0.15, -0.1) is 0 Å². The average Bonchev–Trinajstić information content (AvgIpc) is 2.40. The zero-order valence-electron chi connectivity index (χ0n) is 10.8. The fraction of sp³-hybridized carbons (Fsp3) is 0.167. The Bertz CT molecular complexity index is 789. The molecule has 0 unspecified atom stereocenters. The van der Waals surface area contributed by atoms with Gasteiger partial charge in [0.2, 0.25) is 5.95 Å². The molecule has 2 aromatic rings. The first-order valence-corrected chi connectivity index (χ1v) is 6.42. The molecule has 1 aromatic heterocycles. The van der Waals surface area contributed by atoms with E-state index in [9.17, 15) is 22.4 Å². The van der Waals surface area contributed by atoms with Crippen LogP contribution in [0, 0.1) is 5.82 Å². The van der Waals surface area contributed by atoms with Crippen LogP contribution in [0.5, 0.6) is 0 Å². The number of alkyl halides is 3. The zero-order valence-corrected chi connectivity index (χ0v) is 12.3. The van der Waals surface area contributed by atoms with Crippen molar-refractivity contribution in [3.05, 3.63) is 50.1 Å². The molecule has 0 aliphatic carbocycles. The third-order valence-corrected chi connectivity index (χ3v) is 3.26. The highest BCUT2D eigenvalue weighted by Gasteiger charge is 2.37. The van der Waals surface area contributed by atoms with Crippen LogP contribution in [0.15, 0.2) is 23.0 Å². The van der Waals surface area contributed by atoms with E-state index in [2.05, 4.69) is 10.3 Å². The molecule has 10 heteroatoms. The molecule has 0 aliphatic heterocycles. The van der Waals surface area contributed by atoms with Gasteiger partial charge in [0, 0.05) is 12.1 Å². The number of anilines is 2. The Morgan fingerprint density at radius 3 is 2.45 bits per heavy atom. The summed E-state index contributed by atoms with van der Waals surface area (Å²) < 4.78 is 52.8. The Balaban J connectivity index is 2.56. The maximum Gasteiger partial charge on any atom is 0.435 e. The second kappa shape index (κ2) is 5.77. The van der Waals surface area contributed by atoms with E-state index < -0.39 is 34.2 Å². The van der Waals surface area contributed by atoms with E-state index in [0.717, 1.165) is 17.7 Å². The molecule has 1 N–H and O–H groups in total. The van der Waals surface area contributed by atoms with Crippen molar-refractivity contribution in [3.63, 3.8) is 0 Å². The lowest BCUT2D eigenvalue weighted by molar-refractivity contribution is -0.141. The molecule has 2 rings (SSSR count). The van der Waals surface area contributed by atoms with Crippen molar-refractivity contribution in [2.75, 3.05) is 5.32 Å². The smallest absolute Gasteiger partial charge is 0.323 e.